The Balaban J connectivity index is 1.53. The predicted molar refractivity (Wildman–Crippen MR) is 77.3 cm³/mol. The van der Waals surface area contributed by atoms with Gasteiger partial charge in [-0.15, -0.1) is 11.3 Å². The summed E-state index contributed by atoms with van der Waals surface area (Å²) in [5, 5.41) is 5.97. The molecule has 2 atom stereocenters. The molecule has 1 fully saturated rings. The molecule has 3 rings (SSSR count). The third-order valence-corrected chi connectivity index (χ3v) is 4.07. The summed E-state index contributed by atoms with van der Waals surface area (Å²) in [6.45, 7) is 0. The van der Waals surface area contributed by atoms with E-state index in [9.17, 15) is 4.79 Å². The molecule has 0 spiro atoms. The lowest BCUT2D eigenvalue weighted by Crippen LogP contribution is -2.19. The summed E-state index contributed by atoms with van der Waals surface area (Å²) in [4.78, 5) is 12.9. The molecule has 2 aromatic rings. The van der Waals surface area contributed by atoms with E-state index in [1.165, 1.54) is 5.56 Å². The lowest BCUT2D eigenvalue weighted by Gasteiger charge is -1.99. The maximum Gasteiger partial charge on any atom is 0.243 e. The number of carbonyl (C=O) groups excluding carboxylic acids is 1. The van der Waals surface area contributed by atoms with Crippen molar-refractivity contribution < 1.29 is 4.79 Å². The van der Waals surface area contributed by atoms with Crippen molar-refractivity contribution in [1.82, 2.24) is 5.43 Å². The van der Waals surface area contributed by atoms with Crippen LogP contribution in [0.15, 0.2) is 52.9 Å². The zero-order valence-electron chi connectivity index (χ0n) is 10.3. The van der Waals surface area contributed by atoms with E-state index in [1.54, 1.807) is 17.6 Å². The first kappa shape index (κ1) is 12.1. The third kappa shape index (κ3) is 2.90. The van der Waals surface area contributed by atoms with Crippen molar-refractivity contribution in [2.75, 3.05) is 0 Å². The molecular weight excluding hydrogens is 256 g/mol. The van der Waals surface area contributed by atoms with Crippen molar-refractivity contribution in [3.05, 3.63) is 58.3 Å². The highest BCUT2D eigenvalue weighted by Gasteiger charge is 2.43. The maximum absolute atomic E-state index is 11.9. The van der Waals surface area contributed by atoms with E-state index in [0.717, 1.165) is 11.3 Å². The molecule has 1 N–H and O–H groups in total. The van der Waals surface area contributed by atoms with Crippen LogP contribution in [0.5, 0.6) is 0 Å². The van der Waals surface area contributed by atoms with Gasteiger partial charge in [-0.05, 0) is 29.3 Å². The molecule has 4 heteroatoms. The van der Waals surface area contributed by atoms with E-state index >= 15 is 0 Å². The largest absolute Gasteiger partial charge is 0.273 e. The topological polar surface area (TPSA) is 41.5 Å². The normalized spacial score (nSPS) is 21.5. The first-order chi connectivity index (χ1) is 9.34. The molecule has 1 heterocycles. The van der Waals surface area contributed by atoms with Gasteiger partial charge in [0.15, 0.2) is 0 Å². The Bertz CT molecular complexity index is 577. The van der Waals surface area contributed by atoms with Crippen LogP contribution in [0.25, 0.3) is 0 Å². The molecule has 0 bridgehead atoms. The summed E-state index contributed by atoms with van der Waals surface area (Å²) in [6, 6.07) is 14.1. The summed E-state index contributed by atoms with van der Waals surface area (Å²) in [6.07, 6.45) is 2.60. The molecule has 0 unspecified atom stereocenters. The fraction of sp³-hybridized carbons (Fsp3) is 0.200. The molecule has 96 valence electrons. The fourth-order valence-corrected chi connectivity index (χ4v) is 2.75. The number of nitrogens with one attached hydrogen (secondary N) is 1. The molecule has 1 aromatic heterocycles. The van der Waals surface area contributed by atoms with Gasteiger partial charge in [0.05, 0.1) is 6.21 Å². The first-order valence-corrected chi connectivity index (χ1v) is 7.14. The van der Waals surface area contributed by atoms with Gasteiger partial charge >= 0.3 is 0 Å². The molecule has 1 saturated carbocycles. The van der Waals surface area contributed by atoms with Crippen molar-refractivity contribution in [3.8, 4) is 0 Å². The van der Waals surface area contributed by atoms with Crippen LogP contribution in [0, 0.1) is 5.92 Å². The van der Waals surface area contributed by atoms with E-state index in [4.69, 9.17) is 0 Å². The minimum absolute atomic E-state index is 0.0154. The number of amides is 1. The summed E-state index contributed by atoms with van der Waals surface area (Å²) in [5.74, 6) is 0.447. The SMILES string of the molecule is O=C(N/N=C\c1cccs1)[C@@H]1C[C@H]1c1ccccc1. The van der Waals surface area contributed by atoms with Crippen LogP contribution >= 0.6 is 11.3 Å². The number of benzene rings is 1. The van der Waals surface area contributed by atoms with Crippen molar-refractivity contribution >= 4 is 23.5 Å². The first-order valence-electron chi connectivity index (χ1n) is 6.26. The van der Waals surface area contributed by atoms with Crippen LogP contribution in [0.1, 0.15) is 22.8 Å². The third-order valence-electron chi connectivity index (χ3n) is 3.26. The lowest BCUT2D eigenvalue weighted by molar-refractivity contribution is -0.122. The molecule has 1 amide bonds. The van der Waals surface area contributed by atoms with Crippen LogP contribution in [0.2, 0.25) is 0 Å². The molecule has 0 aliphatic heterocycles. The summed E-state index contributed by atoms with van der Waals surface area (Å²) >= 11 is 1.60. The number of hydrogen-bond donors (Lipinski definition) is 1. The highest BCUT2D eigenvalue weighted by molar-refractivity contribution is 7.11. The molecule has 1 aliphatic rings. The second-order valence-electron chi connectivity index (χ2n) is 4.61. The summed E-state index contributed by atoms with van der Waals surface area (Å²) in [5.41, 5.74) is 3.86. The Kier molecular flexibility index (Phi) is 3.42. The van der Waals surface area contributed by atoms with Crippen LogP contribution in [0.3, 0.4) is 0 Å². The zero-order valence-corrected chi connectivity index (χ0v) is 11.1. The standard InChI is InChI=1S/C15H14N2OS/c18-15(17-16-10-12-7-4-8-19-12)14-9-13(14)11-5-2-1-3-6-11/h1-8,10,13-14H,9H2,(H,17,18)/b16-10-/t13-,14+/m0/s1. The molecule has 19 heavy (non-hydrogen) atoms. The number of nitrogens with zero attached hydrogens (tertiary/aromatic N) is 1. The fourth-order valence-electron chi connectivity index (χ4n) is 2.16. The highest BCUT2D eigenvalue weighted by Crippen LogP contribution is 2.47. The zero-order chi connectivity index (χ0) is 13.1. The van der Waals surface area contributed by atoms with Crippen LogP contribution in [-0.4, -0.2) is 12.1 Å². The molecule has 3 nitrogen and oxygen atoms in total. The highest BCUT2D eigenvalue weighted by atomic mass is 32.1. The van der Waals surface area contributed by atoms with E-state index in [1.807, 2.05) is 35.7 Å². The number of hydrogen-bond acceptors (Lipinski definition) is 3. The monoisotopic (exact) mass is 270 g/mol. The maximum atomic E-state index is 11.9. The van der Waals surface area contributed by atoms with E-state index in [2.05, 4.69) is 22.7 Å². The Morgan fingerprint density at radius 3 is 2.84 bits per heavy atom. The molecular formula is C15H14N2OS. The molecule has 1 aliphatic carbocycles. The Labute approximate surface area is 116 Å². The summed E-state index contributed by atoms with van der Waals surface area (Å²) in [7, 11) is 0. The van der Waals surface area contributed by atoms with Gasteiger partial charge in [-0.1, -0.05) is 36.4 Å². The van der Waals surface area contributed by atoms with Gasteiger partial charge in [-0.2, -0.15) is 5.10 Å². The van der Waals surface area contributed by atoms with E-state index in [-0.39, 0.29) is 11.8 Å². The van der Waals surface area contributed by atoms with Gasteiger partial charge in [0.2, 0.25) is 5.91 Å². The van der Waals surface area contributed by atoms with Crippen molar-refractivity contribution in [2.24, 2.45) is 11.0 Å². The Hall–Kier alpha value is -1.94. The van der Waals surface area contributed by atoms with Gasteiger partial charge in [-0.25, -0.2) is 5.43 Å². The van der Waals surface area contributed by atoms with Crippen LogP contribution in [-0.2, 0) is 4.79 Å². The van der Waals surface area contributed by atoms with Gasteiger partial charge in [-0.3, -0.25) is 4.79 Å². The number of rotatable bonds is 4. The quantitative estimate of drug-likeness (QED) is 0.673. The molecule has 0 radical (unpaired) electrons. The molecule has 0 saturated heterocycles. The second kappa shape index (κ2) is 5.36. The Morgan fingerprint density at radius 1 is 1.26 bits per heavy atom. The minimum atomic E-state index is 0.0154. The summed E-state index contributed by atoms with van der Waals surface area (Å²) < 4.78 is 0. The number of carbonyl (C=O) groups is 1. The second-order valence-corrected chi connectivity index (χ2v) is 5.59. The minimum Gasteiger partial charge on any atom is -0.273 e. The number of hydrazone groups is 1. The van der Waals surface area contributed by atoms with Crippen molar-refractivity contribution in [1.29, 1.82) is 0 Å². The van der Waals surface area contributed by atoms with Gasteiger partial charge < -0.3 is 0 Å². The Morgan fingerprint density at radius 2 is 2.11 bits per heavy atom. The average molecular weight is 270 g/mol. The van der Waals surface area contributed by atoms with Gasteiger partial charge in [0.1, 0.15) is 0 Å². The predicted octanol–water partition coefficient (Wildman–Crippen LogP) is 3.00. The van der Waals surface area contributed by atoms with Gasteiger partial charge in [0, 0.05) is 10.8 Å². The van der Waals surface area contributed by atoms with Crippen LogP contribution < -0.4 is 5.43 Å². The van der Waals surface area contributed by atoms with Gasteiger partial charge in [0.25, 0.3) is 0 Å². The number of thiophene rings is 1. The average Bonchev–Trinajstić information content (AvgIpc) is 3.09. The smallest absolute Gasteiger partial charge is 0.243 e. The van der Waals surface area contributed by atoms with Crippen molar-refractivity contribution in [2.45, 2.75) is 12.3 Å². The van der Waals surface area contributed by atoms with E-state index < -0.39 is 0 Å². The van der Waals surface area contributed by atoms with Crippen molar-refractivity contribution in [3.63, 3.8) is 0 Å². The lowest BCUT2D eigenvalue weighted by atomic mass is 10.1. The molecule has 1 aromatic carbocycles. The van der Waals surface area contributed by atoms with E-state index in [0.29, 0.717) is 5.92 Å². The van der Waals surface area contributed by atoms with Crippen LogP contribution in [0.4, 0.5) is 0 Å².